The number of hydrogen-bond donors (Lipinski definition) is 2. The van der Waals surface area contributed by atoms with Gasteiger partial charge in [0.05, 0.1) is 11.2 Å². The number of amides is 1. The third kappa shape index (κ3) is 4.34. The molecule has 0 aliphatic heterocycles. The third-order valence-corrected chi connectivity index (χ3v) is 4.89. The maximum Gasteiger partial charge on any atom is 0.211 e. The Bertz CT molecular complexity index is 1100. The van der Waals surface area contributed by atoms with E-state index in [1.165, 1.54) is 24.4 Å². The fourth-order valence-corrected chi connectivity index (χ4v) is 3.21. The highest BCUT2D eigenvalue weighted by atomic mass is 19.1. The normalized spacial score (nSPS) is 13.3. The summed E-state index contributed by atoms with van der Waals surface area (Å²) in [6.45, 7) is 0. The topological polar surface area (TPSA) is 88.5 Å². The monoisotopic (exact) mass is 394 g/mol. The van der Waals surface area contributed by atoms with Gasteiger partial charge in [0.15, 0.2) is 0 Å². The van der Waals surface area contributed by atoms with E-state index in [-0.39, 0.29) is 29.4 Å². The largest absolute Gasteiger partial charge is 0.506 e. The Morgan fingerprint density at radius 3 is 2.83 bits per heavy atom. The van der Waals surface area contributed by atoms with E-state index in [9.17, 15) is 19.1 Å². The first-order chi connectivity index (χ1) is 14.0. The van der Waals surface area contributed by atoms with Crippen LogP contribution in [0.3, 0.4) is 0 Å². The molecule has 0 spiro atoms. The van der Waals surface area contributed by atoms with Crippen molar-refractivity contribution in [3.05, 3.63) is 54.0 Å². The molecule has 0 saturated heterocycles. The van der Waals surface area contributed by atoms with Crippen LogP contribution in [0.25, 0.3) is 10.9 Å². The first-order valence-electron chi connectivity index (χ1n) is 9.33. The number of carbonyl (C=O) groups excluding carboxylic acids is 2. The molecule has 0 radical (unpaired) electrons. The number of phenols is 1. The van der Waals surface area contributed by atoms with Crippen LogP contribution in [0.2, 0.25) is 0 Å². The molecule has 148 valence electrons. The number of halogens is 1. The number of benzene rings is 2. The zero-order valence-electron chi connectivity index (χ0n) is 15.5. The summed E-state index contributed by atoms with van der Waals surface area (Å²) in [6, 6.07) is 8.96. The Kier molecular flexibility index (Phi) is 5.12. The molecular weight excluding hydrogens is 375 g/mol. The number of fused-ring (bicyclic) bond motifs is 1. The lowest BCUT2D eigenvalue weighted by Gasteiger charge is -2.12. The molecule has 7 heteroatoms. The molecule has 1 heterocycles. The Hall–Kier alpha value is -3.48. The van der Waals surface area contributed by atoms with Crippen molar-refractivity contribution in [2.45, 2.75) is 25.7 Å². The number of nitrogens with zero attached hydrogens (tertiary/aromatic N) is 1. The average Bonchev–Trinajstić information content (AvgIpc) is 3.49. The van der Waals surface area contributed by atoms with Crippen molar-refractivity contribution in [3.8, 4) is 17.2 Å². The minimum atomic E-state index is -0.494. The van der Waals surface area contributed by atoms with Gasteiger partial charge in [-0.3, -0.25) is 14.6 Å². The Morgan fingerprint density at radius 1 is 1.28 bits per heavy atom. The van der Waals surface area contributed by atoms with Crippen LogP contribution in [0.1, 0.15) is 24.8 Å². The summed E-state index contributed by atoms with van der Waals surface area (Å²) < 4.78 is 20.3. The molecule has 2 aromatic carbocycles. The van der Waals surface area contributed by atoms with Crippen LogP contribution >= 0.6 is 0 Å². The number of pyridine rings is 1. The fourth-order valence-electron chi connectivity index (χ4n) is 3.21. The van der Waals surface area contributed by atoms with Gasteiger partial charge >= 0.3 is 0 Å². The van der Waals surface area contributed by atoms with Crippen molar-refractivity contribution in [3.63, 3.8) is 0 Å². The van der Waals surface area contributed by atoms with Gasteiger partial charge in [-0.05, 0) is 42.5 Å². The number of carbonyl (C=O) groups is 2. The molecule has 0 bridgehead atoms. The highest BCUT2D eigenvalue weighted by Crippen LogP contribution is 2.36. The van der Waals surface area contributed by atoms with Crippen LogP contribution < -0.4 is 10.1 Å². The van der Waals surface area contributed by atoms with Gasteiger partial charge in [-0.2, -0.15) is 0 Å². The molecule has 1 aromatic heterocycles. The van der Waals surface area contributed by atoms with Gasteiger partial charge in [0.1, 0.15) is 28.8 Å². The molecule has 4 rings (SSSR count). The summed E-state index contributed by atoms with van der Waals surface area (Å²) in [5, 5.41) is 12.9. The molecule has 3 aromatic rings. The van der Waals surface area contributed by atoms with E-state index in [4.69, 9.17) is 4.74 Å². The van der Waals surface area contributed by atoms with Gasteiger partial charge in [-0.15, -0.1) is 0 Å². The smallest absolute Gasteiger partial charge is 0.211 e. The highest BCUT2D eigenvalue weighted by Gasteiger charge is 2.24. The molecule has 1 fully saturated rings. The number of hydrogen-bond acceptors (Lipinski definition) is 5. The summed E-state index contributed by atoms with van der Waals surface area (Å²) >= 11 is 0. The first kappa shape index (κ1) is 18.9. The summed E-state index contributed by atoms with van der Waals surface area (Å²) in [4.78, 5) is 26.9. The minimum Gasteiger partial charge on any atom is -0.506 e. The van der Waals surface area contributed by atoms with Gasteiger partial charge in [0.25, 0.3) is 0 Å². The van der Waals surface area contributed by atoms with Crippen molar-refractivity contribution in [2.24, 2.45) is 5.92 Å². The molecule has 0 atom stereocenters. The molecular formula is C22H19FN2O4. The number of ether oxygens (including phenoxy) is 1. The van der Waals surface area contributed by atoms with Gasteiger partial charge < -0.3 is 15.2 Å². The third-order valence-electron chi connectivity index (χ3n) is 4.89. The summed E-state index contributed by atoms with van der Waals surface area (Å²) in [5.74, 6) is 0.570. The molecule has 0 unspecified atom stereocenters. The number of aromatic nitrogens is 1. The second kappa shape index (κ2) is 7.87. The number of Topliss-reactive ketones (excluding diaryl/α,β-unsaturated/α-hetero) is 1. The number of nitrogens with one attached hydrogen (secondary N) is 1. The molecule has 1 amide bonds. The lowest BCUT2D eigenvalue weighted by atomic mass is 10.0. The Balaban J connectivity index is 1.57. The van der Waals surface area contributed by atoms with E-state index < -0.39 is 5.82 Å². The van der Waals surface area contributed by atoms with E-state index in [2.05, 4.69) is 10.3 Å². The van der Waals surface area contributed by atoms with E-state index in [1.807, 2.05) is 0 Å². The van der Waals surface area contributed by atoms with Crippen LogP contribution in [0.4, 0.5) is 10.1 Å². The SMILES string of the molecule is O=CNc1cc2c(Oc3ccc(CC(=O)CC4CC4)c(F)c3)ccnc2cc1O. The highest BCUT2D eigenvalue weighted by molar-refractivity contribution is 5.92. The van der Waals surface area contributed by atoms with Crippen molar-refractivity contribution < 1.29 is 23.8 Å². The van der Waals surface area contributed by atoms with Crippen molar-refractivity contribution >= 4 is 28.8 Å². The number of ketones is 1. The van der Waals surface area contributed by atoms with Crippen molar-refractivity contribution in [1.29, 1.82) is 0 Å². The summed E-state index contributed by atoms with van der Waals surface area (Å²) in [7, 11) is 0. The molecule has 29 heavy (non-hydrogen) atoms. The van der Waals surface area contributed by atoms with Crippen LogP contribution in [0, 0.1) is 11.7 Å². The summed E-state index contributed by atoms with van der Waals surface area (Å²) in [5.41, 5.74) is 1.02. The first-order valence-corrected chi connectivity index (χ1v) is 9.33. The van der Waals surface area contributed by atoms with Crippen LogP contribution in [0.5, 0.6) is 17.2 Å². The molecule has 1 aliphatic rings. The predicted octanol–water partition coefficient (Wildman–Crippen LogP) is 4.35. The maximum absolute atomic E-state index is 14.5. The zero-order valence-corrected chi connectivity index (χ0v) is 15.5. The second-order valence-corrected chi connectivity index (χ2v) is 7.18. The van der Waals surface area contributed by atoms with E-state index in [0.29, 0.717) is 41.0 Å². The molecule has 6 nitrogen and oxygen atoms in total. The van der Waals surface area contributed by atoms with E-state index in [1.54, 1.807) is 18.2 Å². The van der Waals surface area contributed by atoms with Gasteiger partial charge in [-0.25, -0.2) is 4.39 Å². The predicted molar refractivity (Wildman–Crippen MR) is 106 cm³/mol. The van der Waals surface area contributed by atoms with E-state index in [0.717, 1.165) is 12.8 Å². The number of phenolic OH excluding ortho intramolecular Hbond substituents is 1. The lowest BCUT2D eigenvalue weighted by Crippen LogP contribution is -2.05. The maximum atomic E-state index is 14.5. The number of rotatable bonds is 8. The Labute approximate surface area is 166 Å². The van der Waals surface area contributed by atoms with Gasteiger partial charge in [-0.1, -0.05) is 6.07 Å². The van der Waals surface area contributed by atoms with Crippen LogP contribution in [-0.2, 0) is 16.0 Å². The lowest BCUT2D eigenvalue weighted by molar-refractivity contribution is -0.118. The van der Waals surface area contributed by atoms with Gasteiger partial charge in [0, 0.05) is 36.6 Å². The number of aromatic hydroxyl groups is 1. The van der Waals surface area contributed by atoms with Crippen molar-refractivity contribution in [1.82, 2.24) is 4.98 Å². The molecule has 1 aliphatic carbocycles. The van der Waals surface area contributed by atoms with Crippen LogP contribution in [0.15, 0.2) is 42.6 Å². The molecule has 2 N–H and O–H groups in total. The summed E-state index contributed by atoms with van der Waals surface area (Å²) in [6.07, 6.45) is 4.73. The average molecular weight is 394 g/mol. The minimum absolute atomic E-state index is 0.0511. The second-order valence-electron chi connectivity index (χ2n) is 7.18. The number of anilines is 1. The molecule has 1 saturated carbocycles. The van der Waals surface area contributed by atoms with Crippen LogP contribution in [-0.4, -0.2) is 22.3 Å². The standard InChI is InChI=1S/C22H19FN2O4/c23-18-9-16(4-3-14(18)8-15(27)7-13-1-2-13)29-22-5-6-24-19-11-21(28)20(25-12-26)10-17(19)22/h3-6,9-13,28H,1-2,7-8H2,(H,25,26). The van der Waals surface area contributed by atoms with Crippen molar-refractivity contribution in [2.75, 3.05) is 5.32 Å². The quantitative estimate of drug-likeness (QED) is 0.438. The van der Waals surface area contributed by atoms with E-state index >= 15 is 0 Å². The zero-order chi connectivity index (χ0) is 20.4. The van der Waals surface area contributed by atoms with Gasteiger partial charge in [0.2, 0.25) is 6.41 Å². The Morgan fingerprint density at radius 2 is 2.10 bits per heavy atom. The fraction of sp³-hybridized carbons (Fsp3) is 0.227.